The number of nitrogens with zero attached hydrogens (tertiary/aromatic N) is 7. The monoisotopic (exact) mass is 425 g/mol. The van der Waals surface area contributed by atoms with E-state index in [0.29, 0.717) is 12.0 Å². The molecule has 1 saturated heterocycles. The summed E-state index contributed by atoms with van der Waals surface area (Å²) in [5.74, 6) is 1.67. The summed E-state index contributed by atoms with van der Waals surface area (Å²) in [5.41, 5.74) is 1.97. The predicted octanol–water partition coefficient (Wildman–Crippen LogP) is 4.42. The normalized spacial score (nSPS) is 18.0. The molecule has 1 aromatic carbocycles. The van der Waals surface area contributed by atoms with Crippen LogP contribution in [-0.2, 0) is 0 Å². The maximum absolute atomic E-state index is 5.98. The summed E-state index contributed by atoms with van der Waals surface area (Å²) in [6, 6.07) is 8.38. The van der Waals surface area contributed by atoms with Crippen molar-refractivity contribution in [1.29, 1.82) is 0 Å². The molecule has 0 atom stereocenters. The Hall–Kier alpha value is -2.45. The Bertz CT molecular complexity index is 1120. The Morgan fingerprint density at radius 3 is 2.55 bits per heavy atom. The third kappa shape index (κ3) is 3.20. The topological polar surface area (TPSA) is 64.1 Å². The van der Waals surface area contributed by atoms with Crippen molar-refractivity contribution in [3.63, 3.8) is 0 Å². The first kappa shape index (κ1) is 17.4. The molecular formula is C20H20ClN7S. The van der Waals surface area contributed by atoms with Gasteiger partial charge >= 0.3 is 0 Å². The van der Waals surface area contributed by atoms with E-state index in [1.165, 1.54) is 18.7 Å². The number of imidazole rings is 1. The number of anilines is 1. The summed E-state index contributed by atoms with van der Waals surface area (Å²) in [5, 5.41) is 15.1. The number of hydrogen-bond donors (Lipinski definition) is 0. The summed E-state index contributed by atoms with van der Waals surface area (Å²) >= 11 is 7.63. The molecule has 1 aliphatic heterocycles. The van der Waals surface area contributed by atoms with Crippen molar-refractivity contribution in [1.82, 2.24) is 29.4 Å². The van der Waals surface area contributed by atoms with Gasteiger partial charge in [-0.15, -0.1) is 15.3 Å². The summed E-state index contributed by atoms with van der Waals surface area (Å²) in [7, 11) is 0. The van der Waals surface area contributed by atoms with Crippen LogP contribution in [0.25, 0.3) is 16.2 Å². The average Bonchev–Trinajstić information content (AvgIpc) is 3.15. The number of rotatable bonds is 4. The molecule has 3 aromatic heterocycles. The molecule has 148 valence electrons. The van der Waals surface area contributed by atoms with E-state index in [0.717, 1.165) is 52.3 Å². The van der Waals surface area contributed by atoms with Crippen molar-refractivity contribution in [2.75, 3.05) is 18.0 Å². The molecule has 0 unspecified atom stereocenters. The van der Waals surface area contributed by atoms with Gasteiger partial charge in [-0.2, -0.15) is 0 Å². The van der Waals surface area contributed by atoms with Crippen molar-refractivity contribution in [3.05, 3.63) is 47.6 Å². The molecule has 0 radical (unpaired) electrons. The van der Waals surface area contributed by atoms with E-state index in [4.69, 9.17) is 21.7 Å². The van der Waals surface area contributed by atoms with E-state index in [1.807, 2.05) is 41.3 Å². The van der Waals surface area contributed by atoms with Crippen LogP contribution in [0.1, 0.15) is 43.5 Å². The molecule has 7 nitrogen and oxygen atoms in total. The van der Waals surface area contributed by atoms with Gasteiger partial charge in [0.05, 0.1) is 11.9 Å². The molecule has 2 aliphatic rings. The maximum Gasteiger partial charge on any atom is 0.214 e. The Morgan fingerprint density at radius 2 is 1.83 bits per heavy atom. The lowest BCUT2D eigenvalue weighted by Crippen LogP contribution is -2.33. The highest BCUT2D eigenvalue weighted by atomic mass is 35.5. The fourth-order valence-electron chi connectivity index (χ4n) is 4.08. The lowest BCUT2D eigenvalue weighted by Gasteiger charge is -2.31. The van der Waals surface area contributed by atoms with E-state index < -0.39 is 0 Å². The van der Waals surface area contributed by atoms with Crippen LogP contribution in [0.15, 0.2) is 36.8 Å². The van der Waals surface area contributed by atoms with Gasteiger partial charge in [-0.1, -0.05) is 35.1 Å². The summed E-state index contributed by atoms with van der Waals surface area (Å²) in [6.07, 6.45) is 8.60. The van der Waals surface area contributed by atoms with Gasteiger partial charge in [0, 0.05) is 35.6 Å². The fourth-order valence-corrected chi connectivity index (χ4v) is 5.14. The molecule has 1 aliphatic carbocycles. The smallest absolute Gasteiger partial charge is 0.214 e. The molecule has 9 heteroatoms. The van der Waals surface area contributed by atoms with Crippen LogP contribution in [0.2, 0.25) is 5.02 Å². The van der Waals surface area contributed by atoms with Crippen LogP contribution in [0.3, 0.4) is 0 Å². The van der Waals surface area contributed by atoms with E-state index in [1.54, 1.807) is 11.3 Å². The Labute approximate surface area is 177 Å². The second kappa shape index (κ2) is 6.81. The fraction of sp³-hybridized carbons (Fsp3) is 0.400. The van der Waals surface area contributed by atoms with Crippen molar-refractivity contribution in [2.24, 2.45) is 0 Å². The number of piperidine rings is 1. The van der Waals surface area contributed by atoms with Crippen LogP contribution in [-0.4, -0.2) is 42.5 Å². The van der Waals surface area contributed by atoms with Gasteiger partial charge in [-0.05, 0) is 37.8 Å². The minimum atomic E-state index is 0.495. The molecule has 2 fully saturated rings. The first-order valence-electron chi connectivity index (χ1n) is 10.0. The lowest BCUT2D eigenvalue weighted by atomic mass is 9.96. The minimum Gasteiger partial charge on any atom is -0.347 e. The molecule has 6 rings (SSSR count). The zero-order valence-electron chi connectivity index (χ0n) is 15.8. The van der Waals surface area contributed by atoms with Gasteiger partial charge in [0.1, 0.15) is 12.2 Å². The Balaban J connectivity index is 1.17. The van der Waals surface area contributed by atoms with Crippen LogP contribution in [0, 0.1) is 0 Å². The van der Waals surface area contributed by atoms with Gasteiger partial charge < -0.3 is 9.47 Å². The van der Waals surface area contributed by atoms with Gasteiger partial charge in [-0.3, -0.25) is 0 Å². The maximum atomic E-state index is 5.98. The largest absolute Gasteiger partial charge is 0.347 e. The summed E-state index contributed by atoms with van der Waals surface area (Å²) in [6.45, 7) is 1.98. The molecule has 0 N–H and O–H groups in total. The highest BCUT2D eigenvalue weighted by Gasteiger charge is 2.31. The zero-order chi connectivity index (χ0) is 19.4. The van der Waals surface area contributed by atoms with E-state index in [-0.39, 0.29) is 0 Å². The number of halogens is 1. The van der Waals surface area contributed by atoms with Crippen molar-refractivity contribution >= 4 is 33.0 Å². The minimum absolute atomic E-state index is 0.495. The van der Waals surface area contributed by atoms with Crippen LogP contribution in [0.4, 0.5) is 5.13 Å². The molecule has 0 amide bonds. The van der Waals surface area contributed by atoms with Gasteiger partial charge in [0.15, 0.2) is 0 Å². The quantitative estimate of drug-likeness (QED) is 0.484. The number of aromatic nitrogens is 6. The Morgan fingerprint density at radius 1 is 1.03 bits per heavy atom. The average molecular weight is 426 g/mol. The molecule has 29 heavy (non-hydrogen) atoms. The van der Waals surface area contributed by atoms with Gasteiger partial charge in [0.25, 0.3) is 0 Å². The highest BCUT2D eigenvalue weighted by molar-refractivity contribution is 7.20. The van der Waals surface area contributed by atoms with Crippen LogP contribution in [0.5, 0.6) is 0 Å². The SMILES string of the molecule is Clc1ccc(-c2cn3nc(N4CCC(c5nncn5C5CC5)CC4)sc3n2)cc1. The number of benzene rings is 1. The summed E-state index contributed by atoms with van der Waals surface area (Å²) < 4.78 is 4.19. The van der Waals surface area contributed by atoms with Crippen molar-refractivity contribution in [2.45, 2.75) is 37.6 Å². The van der Waals surface area contributed by atoms with Gasteiger partial charge in [-0.25, -0.2) is 9.50 Å². The van der Waals surface area contributed by atoms with Crippen LogP contribution >= 0.6 is 22.9 Å². The second-order valence-corrected chi connectivity index (χ2v) is 9.20. The molecule has 4 heterocycles. The summed E-state index contributed by atoms with van der Waals surface area (Å²) in [4.78, 5) is 8.04. The Kier molecular flexibility index (Phi) is 4.09. The zero-order valence-corrected chi connectivity index (χ0v) is 17.4. The molecule has 0 spiro atoms. The first-order valence-corrected chi connectivity index (χ1v) is 11.2. The number of hydrogen-bond acceptors (Lipinski definition) is 6. The van der Waals surface area contributed by atoms with Crippen molar-refractivity contribution < 1.29 is 0 Å². The van der Waals surface area contributed by atoms with E-state index in [9.17, 15) is 0 Å². The van der Waals surface area contributed by atoms with Crippen molar-refractivity contribution in [3.8, 4) is 11.3 Å². The molecule has 4 aromatic rings. The third-order valence-electron chi connectivity index (χ3n) is 5.84. The predicted molar refractivity (Wildman–Crippen MR) is 114 cm³/mol. The molecule has 1 saturated carbocycles. The molecule has 0 bridgehead atoms. The molecular weight excluding hydrogens is 406 g/mol. The first-order chi connectivity index (χ1) is 14.2. The lowest BCUT2D eigenvalue weighted by molar-refractivity contribution is 0.464. The third-order valence-corrected chi connectivity index (χ3v) is 7.08. The van der Waals surface area contributed by atoms with E-state index in [2.05, 4.69) is 19.7 Å². The standard InChI is InChI=1S/C20H20ClN7S/c21-15-3-1-13(2-4-15)17-11-28-19(23-17)29-20(25-28)26-9-7-14(8-10-26)18-24-22-12-27(18)16-5-6-16/h1-4,11-12,14,16H,5-10H2. The van der Waals surface area contributed by atoms with Gasteiger partial charge in [0.2, 0.25) is 10.1 Å². The number of fused-ring (bicyclic) bond motifs is 1. The van der Waals surface area contributed by atoms with E-state index >= 15 is 0 Å². The highest BCUT2D eigenvalue weighted by Crippen LogP contribution is 2.39. The van der Waals surface area contributed by atoms with Crippen LogP contribution < -0.4 is 4.90 Å². The second-order valence-electron chi connectivity index (χ2n) is 7.83.